The molecular formula is C11H12FN3O. The van der Waals surface area contributed by atoms with Crippen molar-refractivity contribution in [3.63, 3.8) is 0 Å². The molecule has 0 aliphatic rings. The number of nitrogens with zero attached hydrogens (tertiary/aromatic N) is 2. The second kappa shape index (κ2) is 4.30. The van der Waals surface area contributed by atoms with Crippen molar-refractivity contribution in [1.29, 1.82) is 0 Å². The standard InChI is InChI=1S/C11H12FN3O/c1-7(9-3-5-10(12)6-4-9)13-11-14-8(2)15-16-11/h3-7H,1-2H3,(H,13,14,15). The van der Waals surface area contributed by atoms with Gasteiger partial charge in [-0.15, -0.1) is 0 Å². The second-order valence-electron chi connectivity index (χ2n) is 3.56. The molecule has 0 saturated heterocycles. The summed E-state index contributed by atoms with van der Waals surface area (Å²) in [5.41, 5.74) is 0.956. The first-order valence-electron chi connectivity index (χ1n) is 4.97. The van der Waals surface area contributed by atoms with Gasteiger partial charge in [0.15, 0.2) is 5.82 Å². The van der Waals surface area contributed by atoms with Gasteiger partial charge in [0, 0.05) is 0 Å². The Morgan fingerprint density at radius 3 is 2.56 bits per heavy atom. The zero-order chi connectivity index (χ0) is 11.5. The van der Waals surface area contributed by atoms with E-state index in [-0.39, 0.29) is 11.9 Å². The number of aryl methyl sites for hydroxylation is 1. The van der Waals surface area contributed by atoms with Gasteiger partial charge in [0.2, 0.25) is 0 Å². The molecule has 0 aliphatic carbocycles. The zero-order valence-corrected chi connectivity index (χ0v) is 9.07. The maximum absolute atomic E-state index is 12.7. The van der Waals surface area contributed by atoms with Crippen molar-refractivity contribution in [1.82, 2.24) is 10.1 Å². The van der Waals surface area contributed by atoms with Gasteiger partial charge in [0.05, 0.1) is 6.04 Å². The number of anilines is 1. The Labute approximate surface area is 92.5 Å². The maximum atomic E-state index is 12.7. The molecule has 0 radical (unpaired) electrons. The summed E-state index contributed by atoms with van der Waals surface area (Å²) in [6.45, 7) is 3.68. The molecule has 1 unspecified atom stereocenters. The fraction of sp³-hybridized carbons (Fsp3) is 0.273. The average Bonchev–Trinajstić information content (AvgIpc) is 2.65. The molecule has 0 amide bonds. The lowest BCUT2D eigenvalue weighted by atomic mass is 10.1. The molecule has 1 aromatic heterocycles. The van der Waals surface area contributed by atoms with Gasteiger partial charge in [-0.05, 0) is 31.5 Å². The summed E-state index contributed by atoms with van der Waals surface area (Å²) in [4.78, 5) is 4.03. The third kappa shape index (κ3) is 2.36. The van der Waals surface area contributed by atoms with E-state index in [4.69, 9.17) is 4.52 Å². The minimum Gasteiger partial charge on any atom is -0.331 e. The molecular weight excluding hydrogens is 209 g/mol. The minimum atomic E-state index is -0.246. The van der Waals surface area contributed by atoms with Gasteiger partial charge in [-0.2, -0.15) is 4.98 Å². The molecule has 0 fully saturated rings. The van der Waals surface area contributed by atoms with Crippen LogP contribution in [0.1, 0.15) is 24.4 Å². The first-order chi connectivity index (χ1) is 7.65. The number of benzene rings is 1. The van der Waals surface area contributed by atoms with Crippen molar-refractivity contribution in [2.45, 2.75) is 19.9 Å². The highest BCUT2D eigenvalue weighted by Gasteiger charge is 2.09. The van der Waals surface area contributed by atoms with Crippen molar-refractivity contribution >= 4 is 6.01 Å². The van der Waals surface area contributed by atoms with Gasteiger partial charge >= 0.3 is 6.01 Å². The second-order valence-corrected chi connectivity index (χ2v) is 3.56. The number of halogens is 1. The molecule has 0 bridgehead atoms. The fourth-order valence-corrected chi connectivity index (χ4v) is 1.38. The Kier molecular flexibility index (Phi) is 2.85. The first-order valence-corrected chi connectivity index (χ1v) is 4.97. The molecule has 5 heteroatoms. The summed E-state index contributed by atoms with van der Waals surface area (Å²) >= 11 is 0. The molecule has 2 aromatic rings. The molecule has 0 spiro atoms. The molecule has 4 nitrogen and oxygen atoms in total. The lowest BCUT2D eigenvalue weighted by molar-refractivity contribution is 0.422. The minimum absolute atomic E-state index is 0.0135. The van der Waals surface area contributed by atoms with Crippen LogP contribution in [0.5, 0.6) is 0 Å². The summed E-state index contributed by atoms with van der Waals surface area (Å²) in [5.74, 6) is 0.332. The third-order valence-electron chi connectivity index (χ3n) is 2.24. The Bertz CT molecular complexity index is 466. The normalized spacial score (nSPS) is 12.4. The van der Waals surface area contributed by atoms with Crippen molar-refractivity contribution < 1.29 is 8.91 Å². The van der Waals surface area contributed by atoms with Crippen LogP contribution in [-0.2, 0) is 0 Å². The fourth-order valence-electron chi connectivity index (χ4n) is 1.38. The summed E-state index contributed by atoms with van der Waals surface area (Å²) in [6.07, 6.45) is 0. The van der Waals surface area contributed by atoms with Crippen molar-refractivity contribution in [2.75, 3.05) is 5.32 Å². The Morgan fingerprint density at radius 1 is 1.31 bits per heavy atom. The van der Waals surface area contributed by atoms with E-state index in [0.717, 1.165) is 5.56 Å². The summed E-state index contributed by atoms with van der Waals surface area (Å²) in [6, 6.07) is 6.64. The topological polar surface area (TPSA) is 51.0 Å². The maximum Gasteiger partial charge on any atom is 0.321 e. The predicted octanol–water partition coefficient (Wildman–Crippen LogP) is 2.69. The van der Waals surface area contributed by atoms with Gasteiger partial charge in [-0.25, -0.2) is 4.39 Å². The van der Waals surface area contributed by atoms with Crippen LogP contribution in [0, 0.1) is 12.7 Å². The predicted molar refractivity (Wildman–Crippen MR) is 57.5 cm³/mol. The highest BCUT2D eigenvalue weighted by atomic mass is 19.1. The summed E-state index contributed by atoms with van der Waals surface area (Å²) < 4.78 is 17.7. The van der Waals surface area contributed by atoms with E-state index in [9.17, 15) is 4.39 Å². The Hall–Kier alpha value is -1.91. The van der Waals surface area contributed by atoms with Gasteiger partial charge in [0.1, 0.15) is 5.82 Å². The quantitative estimate of drug-likeness (QED) is 0.865. The van der Waals surface area contributed by atoms with Gasteiger partial charge in [0.25, 0.3) is 0 Å². The van der Waals surface area contributed by atoms with Crippen molar-refractivity contribution in [3.05, 3.63) is 41.5 Å². The van der Waals surface area contributed by atoms with Crippen LogP contribution in [0.15, 0.2) is 28.8 Å². The highest BCUT2D eigenvalue weighted by Crippen LogP contribution is 2.17. The number of hydrogen-bond donors (Lipinski definition) is 1. The first kappa shape index (κ1) is 10.6. The molecule has 1 aromatic carbocycles. The largest absolute Gasteiger partial charge is 0.331 e. The number of hydrogen-bond acceptors (Lipinski definition) is 4. The van der Waals surface area contributed by atoms with Crippen LogP contribution in [-0.4, -0.2) is 10.1 Å². The van der Waals surface area contributed by atoms with Crippen molar-refractivity contribution in [3.8, 4) is 0 Å². The molecule has 2 rings (SSSR count). The monoisotopic (exact) mass is 221 g/mol. The van der Waals surface area contributed by atoms with E-state index in [1.165, 1.54) is 12.1 Å². The Balaban J connectivity index is 2.08. The van der Waals surface area contributed by atoms with Gasteiger partial charge in [-0.1, -0.05) is 17.3 Å². The molecule has 84 valence electrons. The SMILES string of the molecule is Cc1noc(NC(C)c2ccc(F)cc2)n1. The van der Waals surface area contributed by atoms with E-state index in [2.05, 4.69) is 15.5 Å². The highest BCUT2D eigenvalue weighted by molar-refractivity contribution is 5.28. The summed E-state index contributed by atoms with van der Waals surface area (Å²) in [7, 11) is 0. The summed E-state index contributed by atoms with van der Waals surface area (Å²) in [5, 5.41) is 6.70. The van der Waals surface area contributed by atoms with E-state index in [1.807, 2.05) is 6.92 Å². The van der Waals surface area contributed by atoms with Crippen LogP contribution >= 0.6 is 0 Å². The van der Waals surface area contributed by atoms with E-state index in [1.54, 1.807) is 19.1 Å². The van der Waals surface area contributed by atoms with Crippen LogP contribution in [0.25, 0.3) is 0 Å². The molecule has 0 saturated carbocycles. The van der Waals surface area contributed by atoms with Crippen LogP contribution in [0.2, 0.25) is 0 Å². The Morgan fingerprint density at radius 2 is 2.00 bits per heavy atom. The molecule has 0 aliphatic heterocycles. The third-order valence-corrected chi connectivity index (χ3v) is 2.24. The van der Waals surface area contributed by atoms with E-state index >= 15 is 0 Å². The van der Waals surface area contributed by atoms with Gasteiger partial charge < -0.3 is 9.84 Å². The molecule has 1 heterocycles. The van der Waals surface area contributed by atoms with Crippen LogP contribution < -0.4 is 5.32 Å². The zero-order valence-electron chi connectivity index (χ0n) is 9.07. The molecule has 16 heavy (non-hydrogen) atoms. The number of nitrogens with one attached hydrogen (secondary N) is 1. The lowest BCUT2D eigenvalue weighted by Crippen LogP contribution is -2.06. The number of aromatic nitrogens is 2. The lowest BCUT2D eigenvalue weighted by Gasteiger charge is -2.11. The van der Waals surface area contributed by atoms with Gasteiger partial charge in [-0.3, -0.25) is 0 Å². The van der Waals surface area contributed by atoms with E-state index < -0.39 is 0 Å². The number of rotatable bonds is 3. The van der Waals surface area contributed by atoms with Crippen LogP contribution in [0.4, 0.5) is 10.4 Å². The smallest absolute Gasteiger partial charge is 0.321 e. The van der Waals surface area contributed by atoms with E-state index in [0.29, 0.717) is 11.8 Å². The van der Waals surface area contributed by atoms with Crippen molar-refractivity contribution in [2.24, 2.45) is 0 Å². The molecule has 1 atom stereocenters. The average molecular weight is 221 g/mol. The molecule has 1 N–H and O–H groups in total. The van der Waals surface area contributed by atoms with Crippen LogP contribution in [0.3, 0.4) is 0 Å².